The standard InChI is InChI=1S/C7H17N4O.BrH/c1-11(2,6-7-12)5-3-4-9-10-8;/h12H,3-7H2,1-2H3;1H/q+1;/p-1. The van der Waals surface area contributed by atoms with Crippen molar-refractivity contribution in [3.05, 3.63) is 10.4 Å². The lowest BCUT2D eigenvalue weighted by Gasteiger charge is -2.28. The Balaban J connectivity index is 0. The number of hydrogen-bond donors (Lipinski definition) is 1. The molecule has 6 heteroatoms. The molecule has 13 heavy (non-hydrogen) atoms. The van der Waals surface area contributed by atoms with Gasteiger partial charge in [0, 0.05) is 17.9 Å². The van der Waals surface area contributed by atoms with E-state index < -0.39 is 0 Å². The number of rotatable bonds is 6. The predicted molar refractivity (Wildman–Crippen MR) is 47.6 cm³/mol. The van der Waals surface area contributed by atoms with E-state index in [-0.39, 0.29) is 23.6 Å². The lowest BCUT2D eigenvalue weighted by Crippen LogP contribution is -3.00. The first-order valence-electron chi connectivity index (χ1n) is 4.06. The van der Waals surface area contributed by atoms with Crippen molar-refractivity contribution in [3.8, 4) is 0 Å². The summed E-state index contributed by atoms with van der Waals surface area (Å²) in [6.45, 7) is 2.42. The average Bonchev–Trinajstić information content (AvgIpc) is 1.98. The second kappa shape index (κ2) is 8.31. The zero-order valence-electron chi connectivity index (χ0n) is 8.15. The number of nitrogens with zero attached hydrogens (tertiary/aromatic N) is 4. The van der Waals surface area contributed by atoms with Gasteiger partial charge in [-0.1, -0.05) is 5.11 Å². The second-order valence-corrected chi connectivity index (χ2v) is 3.41. The normalized spacial score (nSPS) is 10.1. The highest BCUT2D eigenvalue weighted by Crippen LogP contribution is 1.98. The number of aliphatic hydroxyl groups is 1. The van der Waals surface area contributed by atoms with Crippen LogP contribution in [0.15, 0.2) is 5.11 Å². The van der Waals surface area contributed by atoms with E-state index in [2.05, 4.69) is 10.0 Å². The molecule has 0 amide bonds. The number of hydrogen-bond acceptors (Lipinski definition) is 2. The van der Waals surface area contributed by atoms with E-state index in [1.807, 2.05) is 14.1 Å². The summed E-state index contributed by atoms with van der Waals surface area (Å²) in [5.41, 5.74) is 8.01. The van der Waals surface area contributed by atoms with Gasteiger partial charge in [0.1, 0.15) is 6.54 Å². The van der Waals surface area contributed by atoms with Crippen LogP contribution in [0.25, 0.3) is 10.4 Å². The monoisotopic (exact) mass is 252 g/mol. The van der Waals surface area contributed by atoms with E-state index in [4.69, 9.17) is 10.6 Å². The molecule has 0 radical (unpaired) electrons. The third kappa shape index (κ3) is 9.63. The summed E-state index contributed by atoms with van der Waals surface area (Å²) >= 11 is 0. The Labute approximate surface area is 89.3 Å². The first-order valence-corrected chi connectivity index (χ1v) is 4.06. The molecule has 0 aromatic rings. The van der Waals surface area contributed by atoms with Crippen LogP contribution in [-0.2, 0) is 0 Å². The summed E-state index contributed by atoms with van der Waals surface area (Å²) in [5.74, 6) is 0. The third-order valence-electron chi connectivity index (χ3n) is 1.79. The first-order chi connectivity index (χ1) is 5.62. The van der Waals surface area contributed by atoms with Gasteiger partial charge in [-0.05, 0) is 5.53 Å². The topological polar surface area (TPSA) is 69.0 Å². The largest absolute Gasteiger partial charge is 1.00 e. The van der Waals surface area contributed by atoms with Crippen LogP contribution >= 0.6 is 0 Å². The zero-order valence-corrected chi connectivity index (χ0v) is 9.74. The van der Waals surface area contributed by atoms with Crippen LogP contribution in [0, 0.1) is 0 Å². The van der Waals surface area contributed by atoms with Crippen LogP contribution in [0.5, 0.6) is 0 Å². The van der Waals surface area contributed by atoms with Gasteiger partial charge in [0.25, 0.3) is 0 Å². The highest BCUT2D eigenvalue weighted by atomic mass is 79.9. The smallest absolute Gasteiger partial charge is 0.102 e. The molecule has 0 aliphatic rings. The molecule has 0 rings (SSSR count). The van der Waals surface area contributed by atoms with Gasteiger partial charge in [-0.15, -0.1) is 0 Å². The van der Waals surface area contributed by atoms with Crippen LogP contribution in [0.3, 0.4) is 0 Å². The predicted octanol–water partition coefficient (Wildman–Crippen LogP) is -2.24. The number of aliphatic hydroxyl groups excluding tert-OH is 1. The SMILES string of the molecule is C[N+](C)(CCO)CCCN=[N+]=[N-].[Br-]. The fourth-order valence-corrected chi connectivity index (χ4v) is 0.997. The van der Waals surface area contributed by atoms with Crippen LogP contribution < -0.4 is 17.0 Å². The fourth-order valence-electron chi connectivity index (χ4n) is 0.997. The van der Waals surface area contributed by atoms with Crippen LogP contribution in [0.2, 0.25) is 0 Å². The number of azide groups is 1. The van der Waals surface area contributed by atoms with Crippen molar-refractivity contribution < 1.29 is 26.6 Å². The van der Waals surface area contributed by atoms with Crippen LogP contribution in [0.4, 0.5) is 0 Å². The summed E-state index contributed by atoms with van der Waals surface area (Å²) in [6.07, 6.45) is 0.872. The van der Waals surface area contributed by atoms with E-state index in [1.54, 1.807) is 0 Å². The molecule has 0 unspecified atom stereocenters. The highest BCUT2D eigenvalue weighted by Gasteiger charge is 2.12. The molecule has 0 aromatic carbocycles. The van der Waals surface area contributed by atoms with Crippen molar-refractivity contribution in [1.29, 1.82) is 0 Å². The van der Waals surface area contributed by atoms with Crippen LogP contribution in [-0.4, -0.2) is 49.9 Å². The van der Waals surface area contributed by atoms with Gasteiger partial charge in [0.05, 0.1) is 27.2 Å². The maximum absolute atomic E-state index is 8.71. The van der Waals surface area contributed by atoms with Crippen molar-refractivity contribution in [1.82, 2.24) is 0 Å². The number of quaternary nitrogens is 1. The molecular formula is C7H17BrN4O. The van der Waals surface area contributed by atoms with E-state index in [1.165, 1.54) is 0 Å². The molecule has 0 aliphatic heterocycles. The third-order valence-corrected chi connectivity index (χ3v) is 1.79. The van der Waals surface area contributed by atoms with Gasteiger partial charge < -0.3 is 26.6 Å². The maximum atomic E-state index is 8.71. The Hall–Kier alpha value is -0.290. The van der Waals surface area contributed by atoms with Crippen molar-refractivity contribution >= 4 is 0 Å². The molecule has 0 fully saturated rings. The fraction of sp³-hybridized carbons (Fsp3) is 1.00. The summed E-state index contributed by atoms with van der Waals surface area (Å²) in [7, 11) is 4.10. The van der Waals surface area contributed by atoms with Crippen molar-refractivity contribution in [2.75, 3.05) is 40.3 Å². The molecule has 1 N–H and O–H groups in total. The van der Waals surface area contributed by atoms with E-state index in [0.29, 0.717) is 6.54 Å². The molecule has 0 heterocycles. The van der Waals surface area contributed by atoms with Gasteiger partial charge >= 0.3 is 0 Å². The lowest BCUT2D eigenvalue weighted by atomic mass is 10.3. The second-order valence-electron chi connectivity index (χ2n) is 3.41. The lowest BCUT2D eigenvalue weighted by molar-refractivity contribution is -0.890. The molecule has 78 valence electrons. The van der Waals surface area contributed by atoms with Crippen molar-refractivity contribution in [2.45, 2.75) is 6.42 Å². The molecule has 0 spiro atoms. The minimum atomic E-state index is 0. The first kappa shape index (κ1) is 15.2. The summed E-state index contributed by atoms with van der Waals surface area (Å²) in [4.78, 5) is 2.67. The Kier molecular flexibility index (Phi) is 9.72. The van der Waals surface area contributed by atoms with Gasteiger partial charge in [0.2, 0.25) is 0 Å². The number of halogens is 1. The molecule has 0 saturated carbocycles. The average molecular weight is 253 g/mol. The van der Waals surface area contributed by atoms with Crippen LogP contribution in [0.1, 0.15) is 6.42 Å². The van der Waals surface area contributed by atoms with Gasteiger partial charge in [-0.2, -0.15) is 0 Å². The molecule has 0 bridgehead atoms. The summed E-state index contributed by atoms with van der Waals surface area (Å²) in [6, 6.07) is 0. The summed E-state index contributed by atoms with van der Waals surface area (Å²) in [5, 5.41) is 12.2. The van der Waals surface area contributed by atoms with Crippen molar-refractivity contribution in [3.63, 3.8) is 0 Å². The quantitative estimate of drug-likeness (QED) is 0.188. The van der Waals surface area contributed by atoms with E-state index >= 15 is 0 Å². The Morgan fingerprint density at radius 1 is 1.38 bits per heavy atom. The van der Waals surface area contributed by atoms with E-state index in [0.717, 1.165) is 24.0 Å². The van der Waals surface area contributed by atoms with E-state index in [9.17, 15) is 0 Å². The van der Waals surface area contributed by atoms with Gasteiger partial charge in [-0.25, -0.2) is 0 Å². The Morgan fingerprint density at radius 2 is 2.00 bits per heavy atom. The highest BCUT2D eigenvalue weighted by molar-refractivity contribution is 4.46. The Bertz CT molecular complexity index is 168. The molecule has 0 aromatic heterocycles. The Morgan fingerprint density at radius 3 is 2.46 bits per heavy atom. The van der Waals surface area contributed by atoms with Crippen molar-refractivity contribution in [2.24, 2.45) is 5.11 Å². The minimum absolute atomic E-state index is 0. The minimum Gasteiger partial charge on any atom is -1.00 e. The molecular weight excluding hydrogens is 236 g/mol. The number of likely N-dealkylation sites (N-methyl/N-ethyl adjacent to an activating group) is 1. The zero-order chi connectivity index (χ0) is 9.45. The molecule has 5 nitrogen and oxygen atoms in total. The van der Waals surface area contributed by atoms with Gasteiger partial charge in [0.15, 0.2) is 0 Å². The van der Waals surface area contributed by atoms with Gasteiger partial charge in [-0.3, -0.25) is 0 Å². The molecule has 0 aliphatic carbocycles. The molecule has 0 saturated heterocycles. The summed E-state index contributed by atoms with van der Waals surface area (Å²) < 4.78 is 0.775. The maximum Gasteiger partial charge on any atom is 0.102 e. The molecule has 0 atom stereocenters.